The molecule has 1 aromatic heterocycles. The van der Waals surface area contributed by atoms with E-state index < -0.39 is 0 Å². The first kappa shape index (κ1) is 13.0. The highest BCUT2D eigenvalue weighted by molar-refractivity contribution is 8.00. The molecule has 19 heavy (non-hydrogen) atoms. The lowest BCUT2D eigenvalue weighted by atomic mass is 10.0. The van der Waals surface area contributed by atoms with Crippen LogP contribution in [0.25, 0.3) is 0 Å². The van der Waals surface area contributed by atoms with E-state index in [0.717, 1.165) is 30.0 Å². The Balaban J connectivity index is 1.82. The Morgan fingerprint density at radius 1 is 1.63 bits per heavy atom. The molecule has 0 aromatic carbocycles. The molecule has 104 valence electrons. The van der Waals surface area contributed by atoms with Crippen LogP contribution in [0.4, 0.5) is 0 Å². The van der Waals surface area contributed by atoms with Gasteiger partial charge in [-0.25, -0.2) is 4.98 Å². The van der Waals surface area contributed by atoms with Crippen LogP contribution in [0.15, 0.2) is 6.33 Å². The summed E-state index contributed by atoms with van der Waals surface area (Å²) in [4.78, 5) is 18.7. The zero-order chi connectivity index (χ0) is 13.4. The zero-order valence-corrected chi connectivity index (χ0v) is 11.9. The molecule has 0 unspecified atom stereocenters. The van der Waals surface area contributed by atoms with Crippen LogP contribution in [0, 0.1) is 0 Å². The normalized spacial score (nSPS) is 26.5. The van der Waals surface area contributed by atoms with E-state index in [4.69, 9.17) is 0 Å². The van der Waals surface area contributed by atoms with E-state index in [0.29, 0.717) is 13.0 Å². The van der Waals surface area contributed by atoms with Gasteiger partial charge in [0.05, 0.1) is 36.5 Å². The maximum Gasteiger partial charge on any atom is 0.236 e. The minimum atomic E-state index is -0.100. The predicted octanol–water partition coefficient (Wildman–Crippen LogP) is 0.561. The van der Waals surface area contributed by atoms with Crippen molar-refractivity contribution in [3.05, 3.63) is 17.7 Å². The van der Waals surface area contributed by atoms with Crippen LogP contribution in [0.3, 0.4) is 0 Å². The summed E-state index contributed by atoms with van der Waals surface area (Å²) in [6, 6.07) is -0.100. The van der Waals surface area contributed by atoms with Gasteiger partial charge in [-0.1, -0.05) is 0 Å². The maximum atomic E-state index is 12.5. The van der Waals surface area contributed by atoms with Gasteiger partial charge < -0.3 is 14.6 Å². The highest BCUT2D eigenvalue weighted by Gasteiger charge is 2.36. The highest BCUT2D eigenvalue weighted by Crippen LogP contribution is 2.31. The lowest BCUT2D eigenvalue weighted by Gasteiger charge is -2.35. The molecule has 0 radical (unpaired) electrons. The molecule has 1 amide bonds. The number of aryl methyl sites for hydroxylation is 1. The molecule has 3 heterocycles. The van der Waals surface area contributed by atoms with E-state index in [2.05, 4.69) is 4.98 Å². The summed E-state index contributed by atoms with van der Waals surface area (Å²) >= 11 is 1.74. The Hall–Kier alpha value is -1.01. The van der Waals surface area contributed by atoms with Gasteiger partial charge >= 0.3 is 0 Å². The number of hydrogen-bond donors (Lipinski definition) is 1. The van der Waals surface area contributed by atoms with Gasteiger partial charge in [0, 0.05) is 19.2 Å². The van der Waals surface area contributed by atoms with Crippen LogP contribution >= 0.6 is 11.8 Å². The standard InChI is InChI=1S/C13H19N3O2S/c1-15-8-14-10-6-16(9(7-17)5-11(10)15)13(18)12-3-2-4-19-12/h8-9,12,17H,2-7H2,1H3/t9-,12+/m0/s1. The maximum absolute atomic E-state index is 12.5. The Labute approximate surface area is 117 Å². The van der Waals surface area contributed by atoms with Crippen LogP contribution in [0.2, 0.25) is 0 Å². The largest absolute Gasteiger partial charge is 0.394 e. The van der Waals surface area contributed by atoms with Crippen molar-refractivity contribution in [3.63, 3.8) is 0 Å². The molecule has 3 rings (SSSR count). The number of nitrogens with zero attached hydrogens (tertiary/aromatic N) is 3. The van der Waals surface area contributed by atoms with Gasteiger partial charge in [0.2, 0.25) is 5.91 Å². The molecule has 1 fully saturated rings. The van der Waals surface area contributed by atoms with Gasteiger partial charge in [-0.3, -0.25) is 4.79 Å². The summed E-state index contributed by atoms with van der Waals surface area (Å²) in [5, 5.41) is 9.66. The lowest BCUT2D eigenvalue weighted by Crippen LogP contribution is -2.49. The summed E-state index contributed by atoms with van der Waals surface area (Å²) in [6.07, 6.45) is 4.57. The van der Waals surface area contributed by atoms with Crippen molar-refractivity contribution in [1.29, 1.82) is 0 Å². The molecule has 5 nitrogen and oxygen atoms in total. The predicted molar refractivity (Wildman–Crippen MR) is 73.8 cm³/mol. The molecule has 0 bridgehead atoms. The van der Waals surface area contributed by atoms with Gasteiger partial charge in [-0.15, -0.1) is 11.8 Å². The van der Waals surface area contributed by atoms with Crippen molar-refractivity contribution in [2.45, 2.75) is 37.1 Å². The molecular formula is C13H19N3O2S. The number of amides is 1. The molecule has 1 saturated heterocycles. The Bertz CT molecular complexity index is 482. The number of carbonyl (C=O) groups excluding carboxylic acids is 1. The monoisotopic (exact) mass is 281 g/mol. The second-order valence-electron chi connectivity index (χ2n) is 5.26. The molecule has 2 aliphatic heterocycles. The second-order valence-corrected chi connectivity index (χ2v) is 6.57. The fourth-order valence-electron chi connectivity index (χ4n) is 2.90. The number of rotatable bonds is 2. The molecule has 0 saturated carbocycles. The van der Waals surface area contributed by atoms with E-state index >= 15 is 0 Å². The van der Waals surface area contributed by atoms with Crippen LogP contribution in [0.1, 0.15) is 24.2 Å². The Morgan fingerprint density at radius 3 is 3.16 bits per heavy atom. The molecule has 1 aromatic rings. The minimum absolute atomic E-state index is 0.0216. The smallest absolute Gasteiger partial charge is 0.236 e. The van der Waals surface area contributed by atoms with Crippen LogP contribution in [0.5, 0.6) is 0 Å². The Morgan fingerprint density at radius 2 is 2.47 bits per heavy atom. The van der Waals surface area contributed by atoms with Gasteiger partial charge in [0.25, 0.3) is 0 Å². The van der Waals surface area contributed by atoms with Crippen molar-refractivity contribution >= 4 is 17.7 Å². The molecule has 2 aliphatic rings. The summed E-state index contributed by atoms with van der Waals surface area (Å²) in [6.45, 7) is 0.561. The number of hydrogen-bond acceptors (Lipinski definition) is 4. The third kappa shape index (κ3) is 2.27. The first-order valence-corrected chi connectivity index (χ1v) is 7.77. The van der Waals surface area contributed by atoms with E-state index in [9.17, 15) is 9.90 Å². The molecule has 6 heteroatoms. The number of thioether (sulfide) groups is 1. The lowest BCUT2D eigenvalue weighted by molar-refractivity contribution is -0.135. The quantitative estimate of drug-likeness (QED) is 0.860. The van der Waals surface area contributed by atoms with E-state index in [1.165, 1.54) is 0 Å². The topological polar surface area (TPSA) is 58.4 Å². The van der Waals surface area contributed by atoms with Crippen molar-refractivity contribution < 1.29 is 9.90 Å². The number of fused-ring (bicyclic) bond motifs is 1. The average Bonchev–Trinajstić information content (AvgIpc) is 3.07. The highest BCUT2D eigenvalue weighted by atomic mass is 32.2. The fraction of sp³-hybridized carbons (Fsp3) is 0.692. The Kier molecular flexibility index (Phi) is 3.54. The van der Waals surface area contributed by atoms with Crippen LogP contribution in [-0.4, -0.2) is 49.1 Å². The van der Waals surface area contributed by atoms with Gasteiger partial charge in [0.15, 0.2) is 0 Å². The first-order valence-electron chi connectivity index (χ1n) is 6.72. The molecule has 0 spiro atoms. The zero-order valence-electron chi connectivity index (χ0n) is 11.1. The molecular weight excluding hydrogens is 262 g/mol. The second kappa shape index (κ2) is 5.17. The summed E-state index contributed by atoms with van der Waals surface area (Å²) < 4.78 is 1.99. The van der Waals surface area contributed by atoms with Crippen molar-refractivity contribution in [2.75, 3.05) is 12.4 Å². The number of aliphatic hydroxyl groups excluding tert-OH is 1. The van der Waals surface area contributed by atoms with Gasteiger partial charge in [0.1, 0.15) is 0 Å². The molecule has 2 atom stereocenters. The first-order chi connectivity index (χ1) is 9.20. The van der Waals surface area contributed by atoms with Crippen LogP contribution < -0.4 is 0 Å². The summed E-state index contributed by atoms with van der Waals surface area (Å²) in [5.74, 6) is 1.25. The van der Waals surface area contributed by atoms with Crippen molar-refractivity contribution in [1.82, 2.24) is 14.5 Å². The number of carbonyl (C=O) groups is 1. The van der Waals surface area contributed by atoms with E-state index in [1.807, 2.05) is 16.5 Å². The number of aliphatic hydroxyl groups is 1. The molecule has 0 aliphatic carbocycles. The van der Waals surface area contributed by atoms with Crippen molar-refractivity contribution in [2.24, 2.45) is 7.05 Å². The van der Waals surface area contributed by atoms with E-state index in [1.54, 1.807) is 18.1 Å². The van der Waals surface area contributed by atoms with Gasteiger partial charge in [-0.2, -0.15) is 0 Å². The third-order valence-corrected chi connectivity index (χ3v) is 5.40. The SMILES string of the molecule is Cn1cnc2c1C[C@@H](CO)N(C(=O)[C@H]1CCCS1)C2. The van der Waals surface area contributed by atoms with E-state index in [-0.39, 0.29) is 23.8 Å². The summed E-state index contributed by atoms with van der Waals surface area (Å²) in [7, 11) is 1.96. The molecule has 1 N–H and O–H groups in total. The average molecular weight is 281 g/mol. The number of imidazole rings is 1. The van der Waals surface area contributed by atoms with Crippen LogP contribution in [-0.2, 0) is 24.8 Å². The third-order valence-electron chi connectivity index (χ3n) is 4.03. The van der Waals surface area contributed by atoms with Gasteiger partial charge in [-0.05, 0) is 18.6 Å². The summed E-state index contributed by atoms with van der Waals surface area (Å²) in [5.41, 5.74) is 2.12. The van der Waals surface area contributed by atoms with Crippen molar-refractivity contribution in [3.8, 4) is 0 Å². The fourth-order valence-corrected chi connectivity index (χ4v) is 4.13. The minimum Gasteiger partial charge on any atom is -0.394 e. The number of aromatic nitrogens is 2.